The van der Waals surface area contributed by atoms with Gasteiger partial charge in [-0.15, -0.1) is 0 Å². The van der Waals surface area contributed by atoms with Crippen LogP contribution in [0.1, 0.15) is 33.4 Å². The predicted octanol–water partition coefficient (Wildman–Crippen LogP) is 4.51. The van der Waals surface area contributed by atoms with Crippen LogP contribution in [-0.2, 0) is 11.3 Å². The van der Waals surface area contributed by atoms with E-state index in [0.717, 1.165) is 5.56 Å². The second-order valence-corrected chi connectivity index (χ2v) is 5.69. The Morgan fingerprint density at radius 1 is 1.04 bits per heavy atom. The van der Waals surface area contributed by atoms with Crippen molar-refractivity contribution in [2.24, 2.45) is 0 Å². The fourth-order valence-corrected chi connectivity index (χ4v) is 2.63. The average molecular weight is 350 g/mol. The van der Waals surface area contributed by atoms with Crippen LogP contribution in [0.5, 0.6) is 5.75 Å². The highest BCUT2D eigenvalue weighted by Crippen LogP contribution is 2.26. The zero-order valence-corrected chi connectivity index (χ0v) is 14.5. The normalized spacial score (nSPS) is 10.4. The molecule has 0 atom stereocenters. The van der Waals surface area contributed by atoms with E-state index in [-0.39, 0.29) is 18.2 Å². The number of hydrogen-bond acceptors (Lipinski definition) is 5. The zero-order valence-electron chi connectivity index (χ0n) is 14.5. The molecule has 3 rings (SSSR count). The van der Waals surface area contributed by atoms with Crippen molar-refractivity contribution in [1.82, 2.24) is 0 Å². The topological polar surface area (TPSA) is 65.7 Å². The van der Waals surface area contributed by atoms with Gasteiger partial charge in [-0.25, -0.2) is 4.79 Å². The van der Waals surface area contributed by atoms with Crippen LogP contribution in [0.2, 0.25) is 0 Å². The summed E-state index contributed by atoms with van der Waals surface area (Å²) in [6.45, 7) is 1.45. The number of carbonyl (C=O) groups is 2. The zero-order chi connectivity index (χ0) is 18.5. The van der Waals surface area contributed by atoms with Crippen molar-refractivity contribution in [3.05, 3.63) is 77.7 Å². The highest BCUT2D eigenvalue weighted by molar-refractivity contribution is 5.95. The van der Waals surface area contributed by atoms with Gasteiger partial charge in [0.1, 0.15) is 12.4 Å². The van der Waals surface area contributed by atoms with E-state index in [9.17, 15) is 9.59 Å². The average Bonchev–Trinajstić information content (AvgIpc) is 3.16. The third-order valence-corrected chi connectivity index (χ3v) is 3.98. The molecule has 0 fully saturated rings. The molecule has 0 aliphatic heterocycles. The molecule has 0 saturated carbocycles. The number of rotatable bonds is 6. The Kier molecular flexibility index (Phi) is 5.17. The fraction of sp³-hybridized carbons (Fsp3) is 0.143. The molecule has 1 aromatic heterocycles. The van der Waals surface area contributed by atoms with Gasteiger partial charge in [-0.1, -0.05) is 30.3 Å². The standard InChI is InChI=1S/C21H18O5/c1-14(22)16-8-9-19(24-2)17(12-16)13-26-21(23)20-18(10-11-25-20)15-6-4-3-5-7-15/h3-12H,13H2,1-2H3. The fourth-order valence-electron chi connectivity index (χ4n) is 2.63. The van der Waals surface area contributed by atoms with E-state index < -0.39 is 5.97 Å². The first kappa shape index (κ1) is 17.5. The van der Waals surface area contributed by atoms with E-state index in [0.29, 0.717) is 22.4 Å². The number of methoxy groups -OCH3 is 1. The molecule has 5 nitrogen and oxygen atoms in total. The molecule has 2 aromatic carbocycles. The second kappa shape index (κ2) is 7.70. The summed E-state index contributed by atoms with van der Waals surface area (Å²) in [4.78, 5) is 24.0. The largest absolute Gasteiger partial charge is 0.496 e. The van der Waals surface area contributed by atoms with E-state index in [1.54, 1.807) is 24.3 Å². The lowest BCUT2D eigenvalue weighted by atomic mass is 10.1. The first-order valence-corrected chi connectivity index (χ1v) is 8.08. The van der Waals surface area contributed by atoms with Crippen molar-refractivity contribution >= 4 is 11.8 Å². The molecular formula is C21H18O5. The first-order chi connectivity index (χ1) is 12.6. The summed E-state index contributed by atoms with van der Waals surface area (Å²) in [5.41, 5.74) is 2.67. The third-order valence-electron chi connectivity index (χ3n) is 3.98. The molecule has 0 bridgehead atoms. The van der Waals surface area contributed by atoms with Crippen LogP contribution in [0.25, 0.3) is 11.1 Å². The van der Waals surface area contributed by atoms with Crippen molar-refractivity contribution in [2.45, 2.75) is 13.5 Å². The predicted molar refractivity (Wildman–Crippen MR) is 96.3 cm³/mol. The van der Waals surface area contributed by atoms with Crippen LogP contribution in [0, 0.1) is 0 Å². The molecule has 0 unspecified atom stereocenters. The highest BCUT2D eigenvalue weighted by Gasteiger charge is 2.19. The quantitative estimate of drug-likeness (QED) is 0.483. The molecule has 0 spiro atoms. The van der Waals surface area contributed by atoms with E-state index in [1.807, 2.05) is 30.3 Å². The summed E-state index contributed by atoms with van der Waals surface area (Å²) in [6, 6.07) is 16.2. The Balaban J connectivity index is 1.79. The Morgan fingerprint density at radius 3 is 2.50 bits per heavy atom. The minimum atomic E-state index is -0.580. The van der Waals surface area contributed by atoms with Crippen LogP contribution >= 0.6 is 0 Å². The van der Waals surface area contributed by atoms with Crippen molar-refractivity contribution in [1.29, 1.82) is 0 Å². The number of esters is 1. The first-order valence-electron chi connectivity index (χ1n) is 8.08. The van der Waals surface area contributed by atoms with Gasteiger partial charge in [0.05, 0.1) is 13.4 Å². The minimum absolute atomic E-state index is 0.0297. The molecule has 0 amide bonds. The molecule has 0 saturated heterocycles. The molecule has 5 heteroatoms. The van der Waals surface area contributed by atoms with E-state index >= 15 is 0 Å². The molecule has 3 aromatic rings. The van der Waals surface area contributed by atoms with Gasteiger partial charge >= 0.3 is 5.97 Å². The van der Waals surface area contributed by atoms with Crippen LogP contribution in [0.15, 0.2) is 65.3 Å². The number of furan rings is 1. The van der Waals surface area contributed by atoms with Crippen molar-refractivity contribution in [3.8, 4) is 16.9 Å². The maximum absolute atomic E-state index is 12.5. The lowest BCUT2D eigenvalue weighted by molar-refractivity contribution is 0.0435. The number of carbonyl (C=O) groups excluding carboxylic acids is 2. The Morgan fingerprint density at radius 2 is 1.81 bits per heavy atom. The molecule has 0 N–H and O–H groups in total. The van der Waals surface area contributed by atoms with Crippen molar-refractivity contribution < 1.29 is 23.5 Å². The minimum Gasteiger partial charge on any atom is -0.496 e. The molecule has 0 aliphatic rings. The number of benzene rings is 2. The van der Waals surface area contributed by atoms with E-state index in [1.165, 1.54) is 20.3 Å². The van der Waals surface area contributed by atoms with Gasteiger partial charge in [0.15, 0.2) is 5.78 Å². The second-order valence-electron chi connectivity index (χ2n) is 5.69. The number of Topliss-reactive ketones (excluding diaryl/α,β-unsaturated/α-hetero) is 1. The number of hydrogen-bond donors (Lipinski definition) is 0. The molecular weight excluding hydrogens is 332 g/mol. The van der Waals surface area contributed by atoms with Crippen LogP contribution < -0.4 is 4.74 Å². The lowest BCUT2D eigenvalue weighted by Crippen LogP contribution is -2.07. The molecule has 26 heavy (non-hydrogen) atoms. The van der Waals surface area contributed by atoms with Gasteiger partial charge in [0, 0.05) is 16.7 Å². The van der Waals surface area contributed by atoms with Gasteiger partial charge in [0.2, 0.25) is 5.76 Å². The Hall–Kier alpha value is -3.34. The maximum atomic E-state index is 12.5. The van der Waals surface area contributed by atoms with Gasteiger partial charge in [-0.3, -0.25) is 4.79 Å². The highest BCUT2D eigenvalue weighted by atomic mass is 16.5. The van der Waals surface area contributed by atoms with Crippen LogP contribution in [0.4, 0.5) is 0 Å². The summed E-state index contributed by atoms with van der Waals surface area (Å²) in [5.74, 6) is 0.0326. The summed E-state index contributed by atoms with van der Waals surface area (Å²) < 4.78 is 16.0. The summed E-state index contributed by atoms with van der Waals surface area (Å²) >= 11 is 0. The van der Waals surface area contributed by atoms with Gasteiger partial charge in [-0.2, -0.15) is 0 Å². The van der Waals surface area contributed by atoms with E-state index in [2.05, 4.69) is 0 Å². The Labute approximate surface area is 151 Å². The number of ether oxygens (including phenoxy) is 2. The van der Waals surface area contributed by atoms with Crippen LogP contribution in [0.3, 0.4) is 0 Å². The molecule has 0 radical (unpaired) electrons. The van der Waals surface area contributed by atoms with Gasteiger partial charge in [-0.05, 0) is 36.8 Å². The van der Waals surface area contributed by atoms with Crippen molar-refractivity contribution in [3.63, 3.8) is 0 Å². The van der Waals surface area contributed by atoms with Crippen LogP contribution in [-0.4, -0.2) is 18.9 Å². The molecule has 132 valence electrons. The third kappa shape index (κ3) is 3.67. The molecule has 0 aliphatic carbocycles. The Bertz CT molecular complexity index is 925. The molecule has 1 heterocycles. The van der Waals surface area contributed by atoms with Gasteiger partial charge in [0.25, 0.3) is 0 Å². The summed E-state index contributed by atoms with van der Waals surface area (Å²) in [5, 5.41) is 0. The summed E-state index contributed by atoms with van der Waals surface area (Å²) in [7, 11) is 1.52. The van der Waals surface area contributed by atoms with Crippen molar-refractivity contribution in [2.75, 3.05) is 7.11 Å². The summed E-state index contributed by atoms with van der Waals surface area (Å²) in [6.07, 6.45) is 1.45. The monoisotopic (exact) mass is 350 g/mol. The van der Waals surface area contributed by atoms with Gasteiger partial charge < -0.3 is 13.9 Å². The SMILES string of the molecule is COc1ccc(C(C)=O)cc1COC(=O)c1occc1-c1ccccc1. The smallest absolute Gasteiger partial charge is 0.375 e. The lowest BCUT2D eigenvalue weighted by Gasteiger charge is -2.10. The van der Waals surface area contributed by atoms with E-state index in [4.69, 9.17) is 13.9 Å². The number of ketones is 1. The maximum Gasteiger partial charge on any atom is 0.375 e.